The van der Waals surface area contributed by atoms with Crippen LogP contribution in [0.3, 0.4) is 0 Å². The first-order chi connectivity index (χ1) is 13.0. The first-order valence-electron chi connectivity index (χ1n) is 9.41. The highest BCUT2D eigenvalue weighted by Gasteiger charge is 2.35. The number of benzene rings is 2. The Morgan fingerprint density at radius 1 is 1.07 bits per heavy atom. The number of sulfone groups is 1. The van der Waals surface area contributed by atoms with Gasteiger partial charge in [-0.2, -0.15) is 0 Å². The van der Waals surface area contributed by atoms with E-state index in [1.807, 2.05) is 24.3 Å². The third-order valence-corrected chi connectivity index (χ3v) is 6.92. The molecule has 2 aromatic carbocycles. The zero-order valence-corrected chi connectivity index (χ0v) is 17.3. The van der Waals surface area contributed by atoms with Crippen molar-refractivity contribution in [3.05, 3.63) is 71.0 Å². The molecule has 1 amide bonds. The smallest absolute Gasteiger partial charge is 0.254 e. The van der Waals surface area contributed by atoms with Crippen LogP contribution in [0.2, 0.25) is 0 Å². The highest BCUT2D eigenvalue weighted by molar-refractivity contribution is 7.91. The molecular weight excluding hydrogens is 377 g/mol. The Labute approximate surface area is 166 Å². The molecule has 150 valence electrons. The number of nitrogens with zero attached hydrogens (tertiary/aromatic N) is 1. The minimum absolute atomic E-state index is 0.0278. The van der Waals surface area contributed by atoms with Crippen molar-refractivity contribution in [2.45, 2.75) is 45.2 Å². The van der Waals surface area contributed by atoms with Crippen molar-refractivity contribution in [2.24, 2.45) is 0 Å². The molecule has 0 bridgehead atoms. The largest absolute Gasteiger partial charge is 0.330 e. The topological polar surface area (TPSA) is 54.5 Å². The van der Waals surface area contributed by atoms with Gasteiger partial charge in [0.1, 0.15) is 5.82 Å². The van der Waals surface area contributed by atoms with Crippen LogP contribution in [0.15, 0.2) is 48.5 Å². The van der Waals surface area contributed by atoms with Gasteiger partial charge in [-0.3, -0.25) is 4.79 Å². The van der Waals surface area contributed by atoms with Gasteiger partial charge in [-0.25, -0.2) is 12.8 Å². The van der Waals surface area contributed by atoms with Crippen molar-refractivity contribution in [3.63, 3.8) is 0 Å². The third kappa shape index (κ3) is 4.79. The lowest BCUT2D eigenvalue weighted by Gasteiger charge is -2.29. The Balaban J connectivity index is 1.88. The van der Waals surface area contributed by atoms with Crippen LogP contribution in [-0.4, -0.2) is 36.8 Å². The summed E-state index contributed by atoms with van der Waals surface area (Å²) in [6.45, 7) is 6.72. The molecule has 0 spiro atoms. The fourth-order valence-corrected chi connectivity index (χ4v) is 5.18. The summed E-state index contributed by atoms with van der Waals surface area (Å²) in [5, 5.41) is 0. The molecule has 28 heavy (non-hydrogen) atoms. The van der Waals surface area contributed by atoms with Crippen LogP contribution >= 0.6 is 0 Å². The van der Waals surface area contributed by atoms with Gasteiger partial charge in [0.15, 0.2) is 9.84 Å². The number of carbonyl (C=O) groups excluding carboxylic acids is 1. The zero-order chi connectivity index (χ0) is 20.5. The van der Waals surface area contributed by atoms with Crippen LogP contribution in [0.4, 0.5) is 4.39 Å². The molecule has 0 N–H and O–H groups in total. The fraction of sp³-hybridized carbons (Fsp3) is 0.409. The second kappa shape index (κ2) is 7.66. The molecule has 0 saturated carbocycles. The van der Waals surface area contributed by atoms with Crippen molar-refractivity contribution in [3.8, 4) is 0 Å². The van der Waals surface area contributed by atoms with Gasteiger partial charge in [0.25, 0.3) is 5.91 Å². The molecule has 1 saturated heterocycles. The van der Waals surface area contributed by atoms with E-state index in [-0.39, 0.29) is 28.9 Å². The molecule has 1 aliphatic heterocycles. The molecular formula is C22H26FNO3S. The summed E-state index contributed by atoms with van der Waals surface area (Å²) < 4.78 is 37.2. The van der Waals surface area contributed by atoms with E-state index in [4.69, 9.17) is 0 Å². The first-order valence-corrected chi connectivity index (χ1v) is 11.2. The number of amides is 1. The normalized spacial score (nSPS) is 18.8. The van der Waals surface area contributed by atoms with Crippen LogP contribution in [0.5, 0.6) is 0 Å². The molecule has 4 nitrogen and oxygen atoms in total. The van der Waals surface area contributed by atoms with Gasteiger partial charge in [-0.1, -0.05) is 45.0 Å². The minimum atomic E-state index is -3.14. The maximum Gasteiger partial charge on any atom is 0.254 e. The van der Waals surface area contributed by atoms with Crippen molar-refractivity contribution < 1.29 is 17.6 Å². The van der Waals surface area contributed by atoms with E-state index in [0.29, 0.717) is 18.5 Å². The Morgan fingerprint density at radius 3 is 2.18 bits per heavy atom. The van der Waals surface area contributed by atoms with Crippen LogP contribution in [0.25, 0.3) is 0 Å². The highest BCUT2D eigenvalue weighted by Crippen LogP contribution is 2.25. The molecule has 0 unspecified atom stereocenters. The second-order valence-electron chi connectivity index (χ2n) is 8.44. The van der Waals surface area contributed by atoms with Crippen molar-refractivity contribution in [2.75, 3.05) is 11.5 Å². The van der Waals surface area contributed by atoms with E-state index in [0.717, 1.165) is 5.56 Å². The number of carbonyl (C=O) groups is 1. The lowest BCUT2D eigenvalue weighted by Crippen LogP contribution is -2.40. The van der Waals surface area contributed by atoms with Crippen molar-refractivity contribution >= 4 is 15.7 Å². The van der Waals surface area contributed by atoms with Crippen LogP contribution < -0.4 is 0 Å². The Kier molecular flexibility index (Phi) is 5.62. The molecule has 0 aliphatic carbocycles. The monoisotopic (exact) mass is 403 g/mol. The highest BCUT2D eigenvalue weighted by atomic mass is 32.2. The summed E-state index contributed by atoms with van der Waals surface area (Å²) in [6, 6.07) is 13.1. The average Bonchev–Trinajstić information content (AvgIpc) is 2.99. The quantitative estimate of drug-likeness (QED) is 0.777. The van der Waals surface area contributed by atoms with E-state index in [1.165, 1.54) is 29.8 Å². The van der Waals surface area contributed by atoms with Crippen LogP contribution in [0, 0.1) is 5.82 Å². The first kappa shape index (κ1) is 20.5. The summed E-state index contributed by atoms with van der Waals surface area (Å²) in [7, 11) is -3.14. The average molecular weight is 404 g/mol. The van der Waals surface area contributed by atoms with E-state index < -0.39 is 15.7 Å². The number of halogens is 1. The van der Waals surface area contributed by atoms with Crippen LogP contribution in [0.1, 0.15) is 48.7 Å². The molecule has 0 radical (unpaired) electrons. The minimum Gasteiger partial charge on any atom is -0.330 e. The fourth-order valence-electron chi connectivity index (χ4n) is 3.45. The van der Waals surface area contributed by atoms with Crippen LogP contribution in [-0.2, 0) is 21.8 Å². The predicted octanol–water partition coefficient (Wildman–Crippen LogP) is 3.95. The van der Waals surface area contributed by atoms with Gasteiger partial charge < -0.3 is 4.90 Å². The maximum atomic E-state index is 13.2. The van der Waals surface area contributed by atoms with E-state index in [2.05, 4.69) is 20.8 Å². The maximum absolute atomic E-state index is 13.2. The van der Waals surface area contributed by atoms with E-state index in [9.17, 15) is 17.6 Å². The second-order valence-corrected chi connectivity index (χ2v) is 10.7. The van der Waals surface area contributed by atoms with Gasteiger partial charge in [-0.05, 0) is 47.2 Å². The Hall–Kier alpha value is -2.21. The molecule has 3 rings (SSSR count). The summed E-state index contributed by atoms with van der Waals surface area (Å²) in [5.74, 6) is -0.625. The van der Waals surface area contributed by atoms with E-state index >= 15 is 0 Å². The summed E-state index contributed by atoms with van der Waals surface area (Å²) in [4.78, 5) is 14.7. The Morgan fingerprint density at radius 2 is 1.68 bits per heavy atom. The van der Waals surface area contributed by atoms with Gasteiger partial charge >= 0.3 is 0 Å². The third-order valence-electron chi connectivity index (χ3n) is 5.17. The molecule has 6 heteroatoms. The lowest BCUT2D eigenvalue weighted by atomic mass is 9.86. The standard InChI is InChI=1S/C22H26FNO3S/c1-22(2,3)18-8-4-16(5-9-18)14-24(20-12-13-28(26,27)15-20)21(25)17-6-10-19(23)11-7-17/h4-11,20H,12-15H2,1-3H3/t20-/m1/s1. The SMILES string of the molecule is CC(C)(C)c1ccc(CN(C(=O)c2ccc(F)cc2)[C@@H]2CCS(=O)(=O)C2)cc1. The zero-order valence-electron chi connectivity index (χ0n) is 16.5. The Bertz CT molecular complexity index is 945. The molecule has 1 aliphatic rings. The number of rotatable bonds is 4. The molecule has 0 aromatic heterocycles. The molecule has 2 aromatic rings. The van der Waals surface area contributed by atoms with Gasteiger partial charge in [-0.15, -0.1) is 0 Å². The summed E-state index contributed by atoms with van der Waals surface area (Å²) >= 11 is 0. The van der Waals surface area contributed by atoms with Gasteiger partial charge in [0.2, 0.25) is 0 Å². The molecule has 1 atom stereocenters. The van der Waals surface area contributed by atoms with Crippen molar-refractivity contribution in [1.29, 1.82) is 0 Å². The van der Waals surface area contributed by atoms with Crippen molar-refractivity contribution in [1.82, 2.24) is 4.90 Å². The molecule has 1 fully saturated rings. The summed E-state index contributed by atoms with van der Waals surface area (Å²) in [6.07, 6.45) is 0.426. The number of hydrogen-bond donors (Lipinski definition) is 0. The lowest BCUT2D eigenvalue weighted by molar-refractivity contribution is 0.0681. The predicted molar refractivity (Wildman–Crippen MR) is 108 cm³/mol. The number of hydrogen-bond acceptors (Lipinski definition) is 3. The summed E-state index contributed by atoms with van der Waals surface area (Å²) in [5.41, 5.74) is 2.52. The molecule has 1 heterocycles. The van der Waals surface area contributed by atoms with Gasteiger partial charge in [0, 0.05) is 18.2 Å². The van der Waals surface area contributed by atoms with E-state index in [1.54, 1.807) is 4.90 Å². The van der Waals surface area contributed by atoms with Gasteiger partial charge in [0.05, 0.1) is 11.5 Å².